The summed E-state index contributed by atoms with van der Waals surface area (Å²) in [5.74, 6) is 5.33. The van der Waals surface area contributed by atoms with Crippen molar-refractivity contribution in [2.45, 2.75) is 120 Å². The van der Waals surface area contributed by atoms with Crippen LogP contribution >= 0.6 is 0 Å². The van der Waals surface area contributed by atoms with Crippen molar-refractivity contribution in [1.29, 1.82) is 0 Å². The van der Waals surface area contributed by atoms with Gasteiger partial charge >= 0.3 is 0 Å². The minimum Gasteiger partial charge on any atom is -0.396 e. The van der Waals surface area contributed by atoms with E-state index in [-0.39, 0.29) is 0 Å². The summed E-state index contributed by atoms with van der Waals surface area (Å²) in [5.41, 5.74) is 0. The zero-order valence-electron chi connectivity index (χ0n) is 20.3. The van der Waals surface area contributed by atoms with Crippen LogP contribution in [0.15, 0.2) is 0 Å². The summed E-state index contributed by atoms with van der Waals surface area (Å²) in [6.45, 7) is 19.3. The third-order valence-corrected chi connectivity index (χ3v) is 6.81. The van der Waals surface area contributed by atoms with Gasteiger partial charge in [0.05, 0.1) is 0 Å². The predicted molar refractivity (Wildman–Crippen MR) is 123 cm³/mol. The van der Waals surface area contributed by atoms with Crippen LogP contribution < -0.4 is 0 Å². The molecule has 5 unspecified atom stereocenters. The first kappa shape index (κ1) is 27.0. The lowest BCUT2D eigenvalue weighted by Crippen LogP contribution is -2.18. The highest BCUT2D eigenvalue weighted by atomic mass is 16.3. The predicted octanol–water partition coefficient (Wildman–Crippen LogP) is 8.35. The zero-order chi connectivity index (χ0) is 20.8. The lowest BCUT2D eigenvalue weighted by molar-refractivity contribution is 0.155. The molecule has 5 atom stereocenters. The Balaban J connectivity index is 4.02. The van der Waals surface area contributed by atoms with Crippen LogP contribution in [-0.4, -0.2) is 11.7 Å². The van der Waals surface area contributed by atoms with Crippen LogP contribution in [0.2, 0.25) is 0 Å². The maximum atomic E-state index is 9.89. The highest BCUT2D eigenvalue weighted by molar-refractivity contribution is 4.70. The molecule has 0 heterocycles. The fraction of sp³-hybridized carbons (Fsp3) is 1.00. The first-order chi connectivity index (χ1) is 12.6. The van der Waals surface area contributed by atoms with E-state index in [1.54, 1.807) is 0 Å². The van der Waals surface area contributed by atoms with E-state index >= 15 is 0 Å². The van der Waals surface area contributed by atoms with Gasteiger partial charge in [0.15, 0.2) is 0 Å². The Morgan fingerprint density at radius 1 is 0.444 bits per heavy atom. The van der Waals surface area contributed by atoms with Gasteiger partial charge in [-0.15, -0.1) is 0 Å². The quantitative estimate of drug-likeness (QED) is 0.268. The average molecular weight is 383 g/mol. The number of aliphatic hydroxyl groups excluding tert-OH is 1. The molecule has 0 aliphatic heterocycles. The van der Waals surface area contributed by atoms with E-state index < -0.39 is 0 Å². The molecule has 0 aromatic carbocycles. The Morgan fingerprint density at radius 3 is 1.15 bits per heavy atom. The van der Waals surface area contributed by atoms with Gasteiger partial charge in [0.2, 0.25) is 0 Å². The van der Waals surface area contributed by atoms with Crippen molar-refractivity contribution in [2.75, 3.05) is 6.61 Å². The van der Waals surface area contributed by atoms with Crippen molar-refractivity contribution >= 4 is 0 Å². The largest absolute Gasteiger partial charge is 0.396 e. The molecule has 0 aliphatic carbocycles. The maximum absolute atomic E-state index is 9.89. The SMILES string of the molecule is CC(C)CCC(C)CCC(C)CCC(CO)C(C)CCC(C)CCC(C)C. The second-order valence-corrected chi connectivity index (χ2v) is 10.9. The summed E-state index contributed by atoms with van der Waals surface area (Å²) < 4.78 is 0. The van der Waals surface area contributed by atoms with Crippen molar-refractivity contribution in [3.05, 3.63) is 0 Å². The smallest absolute Gasteiger partial charge is 0.0461 e. The second-order valence-electron chi connectivity index (χ2n) is 10.9. The molecule has 0 bridgehead atoms. The topological polar surface area (TPSA) is 20.2 Å². The summed E-state index contributed by atoms with van der Waals surface area (Å²) in [6.07, 6.45) is 13.3. The molecule has 27 heavy (non-hydrogen) atoms. The van der Waals surface area contributed by atoms with E-state index in [0.717, 1.165) is 29.6 Å². The van der Waals surface area contributed by atoms with Gasteiger partial charge in [-0.1, -0.05) is 113 Å². The second kappa shape index (κ2) is 15.8. The van der Waals surface area contributed by atoms with E-state index in [4.69, 9.17) is 0 Å². The first-order valence-electron chi connectivity index (χ1n) is 12.3. The normalized spacial score (nSPS) is 17.9. The Labute approximate surface area is 173 Å². The van der Waals surface area contributed by atoms with E-state index in [0.29, 0.717) is 18.4 Å². The Hall–Kier alpha value is -0.0400. The molecular formula is C26H54O. The van der Waals surface area contributed by atoms with Crippen LogP contribution in [0.3, 0.4) is 0 Å². The lowest BCUT2D eigenvalue weighted by atomic mass is 9.82. The number of rotatable bonds is 17. The summed E-state index contributed by atoms with van der Waals surface area (Å²) in [5, 5.41) is 9.89. The van der Waals surface area contributed by atoms with E-state index in [9.17, 15) is 5.11 Å². The fourth-order valence-electron chi connectivity index (χ4n) is 4.08. The van der Waals surface area contributed by atoms with Gasteiger partial charge in [0.25, 0.3) is 0 Å². The third kappa shape index (κ3) is 15.5. The van der Waals surface area contributed by atoms with Crippen molar-refractivity contribution in [3.8, 4) is 0 Å². The monoisotopic (exact) mass is 382 g/mol. The molecule has 164 valence electrons. The first-order valence-corrected chi connectivity index (χ1v) is 12.3. The molecule has 0 radical (unpaired) electrons. The average Bonchev–Trinajstić information content (AvgIpc) is 2.61. The van der Waals surface area contributed by atoms with Gasteiger partial charge in [-0.2, -0.15) is 0 Å². The highest BCUT2D eigenvalue weighted by Crippen LogP contribution is 2.28. The highest BCUT2D eigenvalue weighted by Gasteiger charge is 2.19. The summed E-state index contributed by atoms with van der Waals surface area (Å²) >= 11 is 0. The molecule has 1 heteroatoms. The molecule has 0 aromatic rings. The van der Waals surface area contributed by atoms with Crippen LogP contribution in [0.25, 0.3) is 0 Å². The Morgan fingerprint density at radius 2 is 0.778 bits per heavy atom. The van der Waals surface area contributed by atoms with E-state index in [2.05, 4.69) is 55.4 Å². The summed E-state index contributed by atoms with van der Waals surface area (Å²) in [6, 6.07) is 0. The molecule has 1 N–H and O–H groups in total. The molecule has 1 nitrogen and oxygen atoms in total. The minimum atomic E-state index is 0.374. The standard InChI is InChI=1S/C26H54O/c1-20(2)9-11-22(5)13-14-24(7)16-18-26(19-27)25(8)17-15-23(6)12-10-21(3)4/h20-27H,9-19H2,1-8H3. The van der Waals surface area contributed by atoms with Gasteiger partial charge in [-0.25, -0.2) is 0 Å². The Kier molecular flexibility index (Phi) is 15.8. The molecule has 0 rings (SSSR count). The van der Waals surface area contributed by atoms with Crippen molar-refractivity contribution < 1.29 is 5.11 Å². The Bertz CT molecular complexity index is 322. The van der Waals surface area contributed by atoms with E-state index in [1.165, 1.54) is 64.2 Å². The lowest BCUT2D eigenvalue weighted by Gasteiger charge is -2.25. The molecule has 0 fully saturated rings. The zero-order valence-corrected chi connectivity index (χ0v) is 20.3. The number of hydrogen-bond acceptors (Lipinski definition) is 1. The van der Waals surface area contributed by atoms with Gasteiger partial charge in [0.1, 0.15) is 0 Å². The van der Waals surface area contributed by atoms with Gasteiger partial charge in [-0.3, -0.25) is 0 Å². The minimum absolute atomic E-state index is 0.374. The van der Waals surface area contributed by atoms with Gasteiger partial charge < -0.3 is 5.11 Å². The van der Waals surface area contributed by atoms with Gasteiger partial charge in [0, 0.05) is 6.61 Å². The molecule has 0 aliphatic rings. The summed E-state index contributed by atoms with van der Waals surface area (Å²) in [4.78, 5) is 0. The van der Waals surface area contributed by atoms with Crippen molar-refractivity contribution in [3.63, 3.8) is 0 Å². The fourth-order valence-corrected chi connectivity index (χ4v) is 4.08. The van der Waals surface area contributed by atoms with Crippen molar-refractivity contribution in [1.82, 2.24) is 0 Å². The van der Waals surface area contributed by atoms with E-state index in [1.807, 2.05) is 0 Å². The van der Waals surface area contributed by atoms with Crippen LogP contribution in [-0.2, 0) is 0 Å². The third-order valence-electron chi connectivity index (χ3n) is 6.81. The van der Waals surface area contributed by atoms with Crippen molar-refractivity contribution in [2.24, 2.45) is 41.4 Å². The number of hydrogen-bond donors (Lipinski definition) is 1. The maximum Gasteiger partial charge on any atom is 0.0461 e. The molecule has 0 spiro atoms. The number of aliphatic hydroxyl groups is 1. The molecule has 0 aromatic heterocycles. The van der Waals surface area contributed by atoms with Gasteiger partial charge in [-0.05, 0) is 47.8 Å². The van der Waals surface area contributed by atoms with Crippen LogP contribution in [0.1, 0.15) is 120 Å². The molecule has 0 amide bonds. The molecular weight excluding hydrogens is 328 g/mol. The van der Waals surface area contributed by atoms with Crippen LogP contribution in [0.4, 0.5) is 0 Å². The molecule has 0 saturated carbocycles. The van der Waals surface area contributed by atoms with Crippen LogP contribution in [0, 0.1) is 41.4 Å². The summed E-state index contributed by atoms with van der Waals surface area (Å²) in [7, 11) is 0. The molecule has 0 saturated heterocycles. The van der Waals surface area contributed by atoms with Crippen LogP contribution in [0.5, 0.6) is 0 Å².